The van der Waals surface area contributed by atoms with E-state index in [0.717, 1.165) is 62.2 Å². The predicted molar refractivity (Wildman–Crippen MR) is 156 cm³/mol. The zero-order valence-electron chi connectivity index (χ0n) is 23.4. The lowest BCUT2D eigenvalue weighted by atomic mass is 10.0. The van der Waals surface area contributed by atoms with Gasteiger partial charge in [0.15, 0.2) is 0 Å². The Hall–Kier alpha value is -3.67. The van der Waals surface area contributed by atoms with E-state index < -0.39 is 5.82 Å². The van der Waals surface area contributed by atoms with Crippen molar-refractivity contribution in [2.24, 2.45) is 0 Å². The number of ether oxygens (including phenoxy) is 1. The number of carbonyl (C=O) groups is 1. The standard InChI is InChI=1S/C33H40FN3O2/c1-24(2)26-19-18-25(3)23-31(26)39-22-12-11-21-37-30-16-9-8-15-29(30)36-32(37)17-5-4-10-20-35-33(38)27-13-6-7-14-28(27)34/h6-9,13-16,18-19,23-24H,4-5,10-12,17,20-22H2,1-3H3,(H,35,38). The maximum Gasteiger partial charge on any atom is 0.254 e. The first kappa shape index (κ1) is 28.3. The number of unbranched alkanes of at least 4 members (excludes halogenated alkanes) is 3. The van der Waals surface area contributed by atoms with E-state index in [1.54, 1.807) is 12.1 Å². The molecule has 5 nitrogen and oxygen atoms in total. The largest absolute Gasteiger partial charge is 0.493 e. The summed E-state index contributed by atoms with van der Waals surface area (Å²) in [5.74, 6) is 1.69. The highest BCUT2D eigenvalue weighted by Gasteiger charge is 2.12. The van der Waals surface area contributed by atoms with Crippen LogP contribution in [0.4, 0.5) is 4.39 Å². The van der Waals surface area contributed by atoms with Crippen LogP contribution in [0.1, 0.15) is 79.2 Å². The number of nitrogens with zero attached hydrogens (tertiary/aromatic N) is 2. The van der Waals surface area contributed by atoms with E-state index in [0.29, 0.717) is 19.1 Å². The van der Waals surface area contributed by atoms with Gasteiger partial charge in [-0.25, -0.2) is 9.37 Å². The van der Waals surface area contributed by atoms with Gasteiger partial charge in [0.2, 0.25) is 0 Å². The fourth-order valence-corrected chi connectivity index (χ4v) is 4.89. The van der Waals surface area contributed by atoms with Gasteiger partial charge in [-0.05, 0) is 80.0 Å². The lowest BCUT2D eigenvalue weighted by Gasteiger charge is -2.15. The van der Waals surface area contributed by atoms with Gasteiger partial charge in [0, 0.05) is 19.5 Å². The predicted octanol–water partition coefficient (Wildman–Crippen LogP) is 7.61. The van der Waals surface area contributed by atoms with Crippen LogP contribution in [0.5, 0.6) is 5.75 Å². The highest BCUT2D eigenvalue weighted by Crippen LogP contribution is 2.28. The normalized spacial score (nSPS) is 11.3. The third kappa shape index (κ3) is 7.69. The summed E-state index contributed by atoms with van der Waals surface area (Å²) in [5, 5.41) is 2.82. The summed E-state index contributed by atoms with van der Waals surface area (Å²) >= 11 is 0. The molecule has 1 heterocycles. The molecule has 0 aliphatic rings. The average Bonchev–Trinajstić information content (AvgIpc) is 3.27. The van der Waals surface area contributed by atoms with Crippen molar-refractivity contribution < 1.29 is 13.9 Å². The first-order valence-corrected chi connectivity index (χ1v) is 14.1. The van der Waals surface area contributed by atoms with Crippen molar-refractivity contribution in [1.29, 1.82) is 0 Å². The zero-order chi connectivity index (χ0) is 27.6. The summed E-state index contributed by atoms with van der Waals surface area (Å²) in [6, 6.07) is 20.8. The number of para-hydroxylation sites is 2. The SMILES string of the molecule is Cc1ccc(C(C)C)c(OCCCCn2c(CCCCCNC(=O)c3ccccc3F)nc3ccccc32)c1. The minimum atomic E-state index is -0.490. The Balaban J connectivity index is 1.25. The fourth-order valence-electron chi connectivity index (χ4n) is 4.89. The quantitative estimate of drug-likeness (QED) is 0.171. The van der Waals surface area contributed by atoms with E-state index in [1.807, 2.05) is 6.07 Å². The topological polar surface area (TPSA) is 56.1 Å². The van der Waals surface area contributed by atoms with Gasteiger partial charge in [0.25, 0.3) is 5.91 Å². The molecule has 0 bridgehead atoms. The Morgan fingerprint density at radius 1 is 0.974 bits per heavy atom. The van der Waals surface area contributed by atoms with E-state index in [9.17, 15) is 9.18 Å². The third-order valence-corrected chi connectivity index (χ3v) is 7.04. The Morgan fingerprint density at radius 2 is 1.77 bits per heavy atom. The second kappa shape index (κ2) is 13.9. The molecule has 0 saturated carbocycles. The fraction of sp³-hybridized carbons (Fsp3) is 0.394. The van der Waals surface area contributed by atoms with Gasteiger partial charge in [-0.3, -0.25) is 4.79 Å². The number of carbonyl (C=O) groups excluding carboxylic acids is 1. The van der Waals surface area contributed by atoms with Crippen molar-refractivity contribution in [3.8, 4) is 5.75 Å². The summed E-state index contributed by atoms with van der Waals surface area (Å²) in [4.78, 5) is 17.1. The average molecular weight is 530 g/mol. The second-order valence-electron chi connectivity index (χ2n) is 10.5. The van der Waals surface area contributed by atoms with Crippen molar-refractivity contribution in [2.75, 3.05) is 13.2 Å². The van der Waals surface area contributed by atoms with Gasteiger partial charge in [-0.15, -0.1) is 0 Å². The van der Waals surface area contributed by atoms with Gasteiger partial charge in [-0.1, -0.05) is 56.7 Å². The zero-order valence-corrected chi connectivity index (χ0v) is 23.4. The second-order valence-corrected chi connectivity index (χ2v) is 10.5. The summed E-state index contributed by atoms with van der Waals surface area (Å²) < 4.78 is 22.3. The maximum absolute atomic E-state index is 13.8. The molecule has 0 aliphatic carbocycles. The van der Waals surface area contributed by atoms with Crippen molar-refractivity contribution in [1.82, 2.24) is 14.9 Å². The lowest BCUT2D eigenvalue weighted by molar-refractivity contribution is 0.0949. The smallest absolute Gasteiger partial charge is 0.254 e. The van der Waals surface area contributed by atoms with E-state index in [2.05, 4.69) is 67.1 Å². The number of hydrogen-bond donors (Lipinski definition) is 1. The molecule has 0 spiro atoms. The highest BCUT2D eigenvalue weighted by molar-refractivity contribution is 5.94. The highest BCUT2D eigenvalue weighted by atomic mass is 19.1. The number of aromatic nitrogens is 2. The van der Waals surface area contributed by atoms with Crippen molar-refractivity contribution in [2.45, 2.75) is 71.8 Å². The number of halogens is 1. The molecule has 0 saturated heterocycles. The van der Waals surface area contributed by atoms with Crippen LogP contribution >= 0.6 is 0 Å². The molecule has 206 valence electrons. The maximum atomic E-state index is 13.8. The van der Waals surface area contributed by atoms with E-state index in [1.165, 1.54) is 28.8 Å². The van der Waals surface area contributed by atoms with Gasteiger partial charge in [0.05, 0.1) is 23.2 Å². The molecule has 0 atom stereocenters. The minimum Gasteiger partial charge on any atom is -0.493 e. The number of nitrogens with one attached hydrogen (secondary N) is 1. The van der Waals surface area contributed by atoms with E-state index in [-0.39, 0.29) is 11.5 Å². The molecule has 0 radical (unpaired) electrons. The molecule has 3 aromatic carbocycles. The van der Waals surface area contributed by atoms with Gasteiger partial charge in [0.1, 0.15) is 17.4 Å². The molecule has 1 amide bonds. The van der Waals surface area contributed by atoms with Crippen LogP contribution in [0.3, 0.4) is 0 Å². The van der Waals surface area contributed by atoms with Crippen LogP contribution in [-0.2, 0) is 13.0 Å². The van der Waals surface area contributed by atoms with Crippen LogP contribution < -0.4 is 10.1 Å². The van der Waals surface area contributed by atoms with Crippen LogP contribution in [0.25, 0.3) is 11.0 Å². The number of fused-ring (bicyclic) bond motifs is 1. The molecule has 0 unspecified atom stereocenters. The molecule has 39 heavy (non-hydrogen) atoms. The Kier molecular flexibility index (Phi) is 10.1. The van der Waals surface area contributed by atoms with Crippen LogP contribution in [0.2, 0.25) is 0 Å². The first-order valence-electron chi connectivity index (χ1n) is 14.1. The molecular weight excluding hydrogens is 489 g/mol. The first-order chi connectivity index (χ1) is 18.9. The number of amides is 1. The number of rotatable bonds is 14. The Morgan fingerprint density at radius 3 is 2.59 bits per heavy atom. The van der Waals surface area contributed by atoms with E-state index >= 15 is 0 Å². The van der Waals surface area contributed by atoms with Crippen LogP contribution in [-0.4, -0.2) is 28.6 Å². The molecule has 1 N–H and O–H groups in total. The Bertz CT molecular complexity index is 1380. The summed E-state index contributed by atoms with van der Waals surface area (Å²) in [6.45, 7) is 8.64. The molecule has 0 fully saturated rings. The molecule has 0 aliphatic heterocycles. The van der Waals surface area contributed by atoms with Gasteiger partial charge >= 0.3 is 0 Å². The van der Waals surface area contributed by atoms with E-state index in [4.69, 9.17) is 9.72 Å². The summed E-state index contributed by atoms with van der Waals surface area (Å²) in [7, 11) is 0. The minimum absolute atomic E-state index is 0.0934. The third-order valence-electron chi connectivity index (χ3n) is 7.04. The van der Waals surface area contributed by atoms with Crippen molar-refractivity contribution in [3.63, 3.8) is 0 Å². The number of aryl methyl sites for hydroxylation is 3. The number of hydrogen-bond acceptors (Lipinski definition) is 3. The molecule has 4 rings (SSSR count). The molecule has 6 heteroatoms. The monoisotopic (exact) mass is 529 g/mol. The summed E-state index contributed by atoms with van der Waals surface area (Å²) in [5.41, 5.74) is 4.77. The Labute approximate surface area is 231 Å². The molecule has 1 aromatic heterocycles. The van der Waals surface area contributed by atoms with Gasteiger partial charge in [-0.2, -0.15) is 0 Å². The van der Waals surface area contributed by atoms with Gasteiger partial charge < -0.3 is 14.6 Å². The van der Waals surface area contributed by atoms with Crippen LogP contribution in [0.15, 0.2) is 66.7 Å². The van der Waals surface area contributed by atoms with Crippen LogP contribution in [0, 0.1) is 12.7 Å². The number of imidazole rings is 1. The van der Waals surface area contributed by atoms with Crippen molar-refractivity contribution >= 4 is 16.9 Å². The number of benzene rings is 3. The lowest BCUT2D eigenvalue weighted by Crippen LogP contribution is -2.25. The molecular formula is C33H40FN3O2. The molecule has 4 aromatic rings. The summed E-state index contributed by atoms with van der Waals surface area (Å²) in [6.07, 6.45) is 5.65. The van der Waals surface area contributed by atoms with Crippen molar-refractivity contribution in [3.05, 3.63) is 95.1 Å².